The summed E-state index contributed by atoms with van der Waals surface area (Å²) in [5, 5.41) is 9.85. The number of methoxy groups -OCH3 is 1. The lowest BCUT2D eigenvalue weighted by Crippen LogP contribution is -2.37. The summed E-state index contributed by atoms with van der Waals surface area (Å²) < 4.78 is 11.4. The Morgan fingerprint density at radius 1 is 1.07 bits per heavy atom. The number of aliphatic imine (C=N–C) groups is 1. The molecule has 0 unspecified atom stereocenters. The predicted octanol–water partition coefficient (Wildman–Crippen LogP) is 3.95. The molecule has 0 spiro atoms. The van der Waals surface area contributed by atoms with Gasteiger partial charge in [-0.1, -0.05) is 36.4 Å². The lowest BCUT2D eigenvalue weighted by Gasteiger charge is -2.14. The zero-order valence-corrected chi connectivity index (χ0v) is 18.5. The number of thiazole rings is 1. The van der Waals surface area contributed by atoms with Crippen molar-refractivity contribution in [2.24, 2.45) is 4.99 Å². The van der Waals surface area contributed by atoms with Crippen molar-refractivity contribution in [3.63, 3.8) is 0 Å². The van der Waals surface area contributed by atoms with E-state index in [1.54, 1.807) is 25.5 Å². The first-order chi connectivity index (χ1) is 14.7. The third-order valence-corrected chi connectivity index (χ3v) is 5.31. The Hall–Kier alpha value is -3.06. The Kier molecular flexibility index (Phi) is 8.09. The van der Waals surface area contributed by atoms with Gasteiger partial charge < -0.3 is 20.1 Å². The topological polar surface area (TPSA) is 67.8 Å². The summed E-state index contributed by atoms with van der Waals surface area (Å²) in [5.74, 6) is 2.20. The number of aryl methyl sites for hydroxylation is 1. The molecule has 0 amide bonds. The van der Waals surface area contributed by atoms with E-state index in [0.29, 0.717) is 18.9 Å². The number of hydrogen-bond acceptors (Lipinski definition) is 5. The molecule has 158 valence electrons. The van der Waals surface area contributed by atoms with Crippen LogP contribution >= 0.6 is 11.3 Å². The van der Waals surface area contributed by atoms with E-state index in [1.165, 1.54) is 0 Å². The number of benzene rings is 2. The predicted molar refractivity (Wildman–Crippen MR) is 123 cm³/mol. The fourth-order valence-corrected chi connectivity index (χ4v) is 3.56. The van der Waals surface area contributed by atoms with Crippen LogP contribution in [0.25, 0.3) is 0 Å². The summed E-state index contributed by atoms with van der Waals surface area (Å²) in [6, 6.07) is 16.0. The molecule has 3 aromatic rings. The molecule has 0 saturated carbocycles. The van der Waals surface area contributed by atoms with Crippen molar-refractivity contribution >= 4 is 17.3 Å². The van der Waals surface area contributed by atoms with Gasteiger partial charge in [0.25, 0.3) is 0 Å². The van der Waals surface area contributed by atoms with Crippen molar-refractivity contribution in [1.29, 1.82) is 0 Å². The molecule has 0 bridgehead atoms. The minimum absolute atomic E-state index is 0.504. The van der Waals surface area contributed by atoms with Crippen LogP contribution in [0.3, 0.4) is 0 Å². The summed E-state index contributed by atoms with van der Waals surface area (Å²) in [6.07, 6.45) is 0.867. The number of ether oxygens (including phenoxy) is 2. The number of guanidine groups is 1. The third-order valence-electron chi connectivity index (χ3n) is 4.49. The van der Waals surface area contributed by atoms with Gasteiger partial charge in [-0.15, -0.1) is 11.3 Å². The number of aromatic nitrogens is 1. The van der Waals surface area contributed by atoms with Crippen molar-refractivity contribution < 1.29 is 9.47 Å². The van der Waals surface area contributed by atoms with Gasteiger partial charge in [-0.05, 0) is 30.2 Å². The van der Waals surface area contributed by atoms with E-state index in [2.05, 4.69) is 26.0 Å². The molecule has 1 heterocycles. The molecular formula is C23H28N4O2S. The summed E-state index contributed by atoms with van der Waals surface area (Å²) in [4.78, 5) is 8.76. The van der Waals surface area contributed by atoms with Crippen LogP contribution in [-0.4, -0.2) is 31.6 Å². The highest BCUT2D eigenvalue weighted by Gasteiger charge is 2.07. The zero-order valence-electron chi connectivity index (χ0n) is 17.6. The van der Waals surface area contributed by atoms with Gasteiger partial charge in [-0.25, -0.2) is 4.98 Å². The summed E-state index contributed by atoms with van der Waals surface area (Å²) in [7, 11) is 3.42. The van der Waals surface area contributed by atoms with Gasteiger partial charge >= 0.3 is 0 Å². The molecule has 2 aromatic carbocycles. The van der Waals surface area contributed by atoms with E-state index in [1.807, 2.05) is 55.5 Å². The summed E-state index contributed by atoms with van der Waals surface area (Å²) >= 11 is 1.68. The molecule has 0 aliphatic carbocycles. The molecule has 0 saturated heterocycles. The highest BCUT2D eigenvalue weighted by molar-refractivity contribution is 7.09. The van der Waals surface area contributed by atoms with Gasteiger partial charge in [-0.2, -0.15) is 0 Å². The molecule has 1 aromatic heterocycles. The number of rotatable bonds is 9. The van der Waals surface area contributed by atoms with E-state index in [0.717, 1.165) is 46.5 Å². The SMILES string of the molecule is CN=C(NCCc1csc(C)n1)NCc1ccc(OCc2ccccc2)c(OC)c1. The van der Waals surface area contributed by atoms with Gasteiger partial charge in [0.15, 0.2) is 17.5 Å². The number of nitrogens with one attached hydrogen (secondary N) is 2. The first kappa shape index (κ1) is 21.6. The normalized spacial score (nSPS) is 11.2. The molecule has 7 heteroatoms. The quantitative estimate of drug-likeness (QED) is 0.402. The molecule has 0 radical (unpaired) electrons. The number of hydrogen-bond donors (Lipinski definition) is 2. The standard InChI is InChI=1S/C23H28N4O2S/c1-17-27-20(16-30-17)11-12-25-23(24-2)26-14-19-9-10-21(22(13-19)28-3)29-15-18-7-5-4-6-8-18/h4-10,13,16H,11-12,14-15H2,1-3H3,(H2,24,25,26). The molecule has 0 aliphatic rings. The second-order valence-corrected chi connectivity index (χ2v) is 7.78. The maximum atomic E-state index is 5.93. The minimum atomic E-state index is 0.504. The molecule has 0 aliphatic heterocycles. The monoisotopic (exact) mass is 424 g/mol. The van der Waals surface area contributed by atoms with Crippen LogP contribution in [0.4, 0.5) is 0 Å². The Bertz CT molecular complexity index is 957. The van der Waals surface area contributed by atoms with E-state index in [4.69, 9.17) is 9.47 Å². The van der Waals surface area contributed by atoms with E-state index < -0.39 is 0 Å². The zero-order chi connectivity index (χ0) is 21.2. The van der Waals surface area contributed by atoms with Gasteiger partial charge in [0.1, 0.15) is 6.61 Å². The van der Waals surface area contributed by atoms with E-state index >= 15 is 0 Å². The Morgan fingerprint density at radius 2 is 1.90 bits per heavy atom. The maximum Gasteiger partial charge on any atom is 0.191 e. The van der Waals surface area contributed by atoms with Gasteiger partial charge in [-0.3, -0.25) is 4.99 Å². The average molecular weight is 425 g/mol. The molecule has 3 rings (SSSR count). The molecule has 30 heavy (non-hydrogen) atoms. The molecule has 6 nitrogen and oxygen atoms in total. The highest BCUT2D eigenvalue weighted by atomic mass is 32.1. The molecule has 0 fully saturated rings. The van der Waals surface area contributed by atoms with Gasteiger partial charge in [0.2, 0.25) is 0 Å². The number of nitrogens with zero attached hydrogens (tertiary/aromatic N) is 2. The Balaban J connectivity index is 1.50. The van der Waals surface area contributed by atoms with Crippen LogP contribution in [0.5, 0.6) is 11.5 Å². The Morgan fingerprint density at radius 3 is 2.60 bits per heavy atom. The second kappa shape index (κ2) is 11.2. The average Bonchev–Trinajstić information content (AvgIpc) is 3.20. The van der Waals surface area contributed by atoms with Crippen molar-refractivity contribution in [3.8, 4) is 11.5 Å². The van der Waals surface area contributed by atoms with Crippen molar-refractivity contribution in [1.82, 2.24) is 15.6 Å². The van der Waals surface area contributed by atoms with Crippen molar-refractivity contribution in [2.45, 2.75) is 26.5 Å². The highest BCUT2D eigenvalue weighted by Crippen LogP contribution is 2.28. The Labute approximate surface area is 182 Å². The lowest BCUT2D eigenvalue weighted by atomic mass is 10.2. The van der Waals surface area contributed by atoms with Crippen LogP contribution in [0.15, 0.2) is 58.9 Å². The first-order valence-electron chi connectivity index (χ1n) is 9.87. The smallest absolute Gasteiger partial charge is 0.191 e. The van der Waals surface area contributed by atoms with Crippen molar-refractivity contribution in [2.75, 3.05) is 20.7 Å². The van der Waals surface area contributed by atoms with Crippen LogP contribution in [0.1, 0.15) is 21.8 Å². The van der Waals surface area contributed by atoms with Crippen LogP contribution in [0, 0.1) is 6.92 Å². The second-order valence-electron chi connectivity index (χ2n) is 6.72. The molecule has 0 atom stereocenters. The van der Waals surface area contributed by atoms with E-state index in [-0.39, 0.29) is 0 Å². The maximum absolute atomic E-state index is 5.93. The molecule has 2 N–H and O–H groups in total. The van der Waals surface area contributed by atoms with E-state index in [9.17, 15) is 0 Å². The fourth-order valence-electron chi connectivity index (χ4n) is 2.91. The first-order valence-corrected chi connectivity index (χ1v) is 10.7. The van der Waals surface area contributed by atoms with Gasteiger partial charge in [0.05, 0.1) is 17.8 Å². The lowest BCUT2D eigenvalue weighted by molar-refractivity contribution is 0.284. The summed E-state index contributed by atoms with van der Waals surface area (Å²) in [5.41, 5.74) is 3.31. The summed E-state index contributed by atoms with van der Waals surface area (Å²) in [6.45, 7) is 3.93. The largest absolute Gasteiger partial charge is 0.493 e. The molecular weight excluding hydrogens is 396 g/mol. The van der Waals surface area contributed by atoms with Crippen molar-refractivity contribution in [3.05, 3.63) is 75.7 Å². The van der Waals surface area contributed by atoms with Crippen LogP contribution < -0.4 is 20.1 Å². The fraction of sp³-hybridized carbons (Fsp3) is 0.304. The third kappa shape index (κ3) is 6.49. The van der Waals surface area contributed by atoms with Crippen LogP contribution in [-0.2, 0) is 19.6 Å². The van der Waals surface area contributed by atoms with Crippen LogP contribution in [0.2, 0.25) is 0 Å². The van der Waals surface area contributed by atoms with Gasteiger partial charge in [0, 0.05) is 31.9 Å². The minimum Gasteiger partial charge on any atom is -0.493 e.